The first kappa shape index (κ1) is 18.4. The molecule has 1 atom stereocenters. The highest BCUT2D eigenvalue weighted by molar-refractivity contribution is 7.91. The van der Waals surface area contributed by atoms with E-state index in [1.54, 1.807) is 13.3 Å². The molecule has 7 nitrogen and oxygen atoms in total. The van der Waals surface area contributed by atoms with E-state index in [0.29, 0.717) is 31.2 Å². The summed E-state index contributed by atoms with van der Waals surface area (Å²) in [4.78, 5) is 8.66. The highest BCUT2D eigenvalue weighted by atomic mass is 32.2. The largest absolute Gasteiger partial charge is 0.444 e. The first-order valence-electron chi connectivity index (χ1n) is 8.64. The van der Waals surface area contributed by atoms with Crippen LogP contribution in [-0.4, -0.2) is 50.5 Å². The maximum absolute atomic E-state index is 11.5. The number of benzene rings is 1. The summed E-state index contributed by atoms with van der Waals surface area (Å²) in [5.74, 6) is 1.62. The van der Waals surface area contributed by atoms with Gasteiger partial charge in [0.15, 0.2) is 15.8 Å². The van der Waals surface area contributed by atoms with Gasteiger partial charge in [0, 0.05) is 31.6 Å². The van der Waals surface area contributed by atoms with E-state index in [0.717, 1.165) is 11.3 Å². The van der Waals surface area contributed by atoms with Gasteiger partial charge in [-0.1, -0.05) is 17.7 Å². The minimum Gasteiger partial charge on any atom is -0.444 e. The number of guanidine groups is 1. The highest BCUT2D eigenvalue weighted by Gasteiger charge is 2.28. The molecule has 0 saturated carbocycles. The summed E-state index contributed by atoms with van der Waals surface area (Å²) >= 11 is 0. The quantitative estimate of drug-likeness (QED) is 0.607. The van der Waals surface area contributed by atoms with Gasteiger partial charge in [0.05, 0.1) is 17.2 Å². The number of nitrogens with zero attached hydrogens (tertiary/aromatic N) is 2. The maximum Gasteiger partial charge on any atom is 0.226 e. The third kappa shape index (κ3) is 4.85. The van der Waals surface area contributed by atoms with E-state index in [4.69, 9.17) is 4.42 Å². The molecule has 0 aliphatic carbocycles. The fourth-order valence-electron chi connectivity index (χ4n) is 2.86. The summed E-state index contributed by atoms with van der Waals surface area (Å²) in [5, 5.41) is 6.35. The van der Waals surface area contributed by atoms with Gasteiger partial charge in [-0.05, 0) is 25.5 Å². The predicted molar refractivity (Wildman–Crippen MR) is 102 cm³/mol. The molecule has 1 unspecified atom stereocenters. The van der Waals surface area contributed by atoms with Crippen molar-refractivity contribution in [2.45, 2.75) is 25.8 Å². The number of rotatable bonds is 5. The van der Waals surface area contributed by atoms with Crippen molar-refractivity contribution in [1.82, 2.24) is 15.6 Å². The Bertz CT molecular complexity index is 872. The summed E-state index contributed by atoms with van der Waals surface area (Å²) < 4.78 is 28.6. The Morgan fingerprint density at radius 2 is 2.12 bits per heavy atom. The number of nitrogens with one attached hydrogen (secondary N) is 2. The second kappa shape index (κ2) is 7.90. The molecule has 0 radical (unpaired) electrons. The van der Waals surface area contributed by atoms with E-state index in [9.17, 15) is 8.42 Å². The van der Waals surface area contributed by atoms with Crippen molar-refractivity contribution in [2.75, 3.05) is 25.1 Å². The number of hydrogen-bond acceptors (Lipinski definition) is 5. The number of aliphatic imine (C=N–C) groups is 1. The molecular formula is C18H24N4O3S. The normalized spacial score (nSPS) is 19.5. The van der Waals surface area contributed by atoms with Crippen molar-refractivity contribution in [3.8, 4) is 11.5 Å². The van der Waals surface area contributed by atoms with Crippen LogP contribution in [0.1, 0.15) is 17.7 Å². The van der Waals surface area contributed by atoms with Crippen LogP contribution in [0.3, 0.4) is 0 Å². The van der Waals surface area contributed by atoms with Crippen molar-refractivity contribution >= 4 is 15.8 Å². The van der Waals surface area contributed by atoms with Crippen LogP contribution in [0.5, 0.6) is 0 Å². The van der Waals surface area contributed by atoms with Gasteiger partial charge in [0.1, 0.15) is 6.26 Å². The first-order chi connectivity index (χ1) is 12.4. The first-order valence-corrected chi connectivity index (χ1v) is 10.5. The van der Waals surface area contributed by atoms with E-state index in [-0.39, 0.29) is 17.5 Å². The van der Waals surface area contributed by atoms with Crippen LogP contribution in [0.25, 0.3) is 11.5 Å². The molecular weight excluding hydrogens is 352 g/mol. The number of sulfone groups is 1. The zero-order valence-electron chi connectivity index (χ0n) is 15.0. The van der Waals surface area contributed by atoms with Crippen molar-refractivity contribution in [3.05, 3.63) is 41.8 Å². The Kier molecular flexibility index (Phi) is 5.61. The fraction of sp³-hybridized carbons (Fsp3) is 0.444. The van der Waals surface area contributed by atoms with E-state index in [1.165, 1.54) is 5.56 Å². The van der Waals surface area contributed by atoms with Crippen LogP contribution in [-0.2, 0) is 16.3 Å². The van der Waals surface area contributed by atoms with Crippen LogP contribution in [0.15, 0.2) is 39.9 Å². The molecule has 1 aliphatic rings. The van der Waals surface area contributed by atoms with Crippen molar-refractivity contribution in [3.63, 3.8) is 0 Å². The molecule has 1 aromatic carbocycles. The lowest BCUT2D eigenvalue weighted by Gasteiger charge is -2.15. The summed E-state index contributed by atoms with van der Waals surface area (Å²) in [7, 11) is -1.24. The smallest absolute Gasteiger partial charge is 0.226 e. The van der Waals surface area contributed by atoms with Gasteiger partial charge in [0.25, 0.3) is 0 Å². The van der Waals surface area contributed by atoms with E-state index >= 15 is 0 Å². The Morgan fingerprint density at radius 3 is 2.77 bits per heavy atom. The Labute approximate surface area is 153 Å². The number of aromatic nitrogens is 1. The molecule has 2 N–H and O–H groups in total. The average molecular weight is 376 g/mol. The van der Waals surface area contributed by atoms with Crippen LogP contribution < -0.4 is 10.6 Å². The van der Waals surface area contributed by atoms with Gasteiger partial charge in [-0.15, -0.1) is 0 Å². The third-order valence-electron chi connectivity index (χ3n) is 4.32. The second-order valence-corrected chi connectivity index (χ2v) is 8.73. The van der Waals surface area contributed by atoms with Crippen molar-refractivity contribution < 1.29 is 12.8 Å². The molecule has 1 fully saturated rings. The zero-order valence-corrected chi connectivity index (χ0v) is 15.8. The SMILES string of the molecule is CN=C(NCCc1coc(-c2ccc(C)cc2)n1)NC1CCS(=O)(=O)C1. The summed E-state index contributed by atoms with van der Waals surface area (Å²) in [6, 6.07) is 7.96. The lowest BCUT2D eigenvalue weighted by Crippen LogP contribution is -2.44. The number of oxazole rings is 1. The molecule has 140 valence electrons. The van der Waals surface area contributed by atoms with Gasteiger partial charge in [-0.25, -0.2) is 13.4 Å². The van der Waals surface area contributed by atoms with E-state index in [1.807, 2.05) is 31.2 Å². The van der Waals surface area contributed by atoms with Gasteiger partial charge in [-0.2, -0.15) is 0 Å². The zero-order chi connectivity index (χ0) is 18.6. The lowest BCUT2D eigenvalue weighted by molar-refractivity contribution is 0.572. The summed E-state index contributed by atoms with van der Waals surface area (Å²) in [6.45, 7) is 2.66. The monoisotopic (exact) mass is 376 g/mol. The lowest BCUT2D eigenvalue weighted by atomic mass is 10.1. The van der Waals surface area contributed by atoms with E-state index in [2.05, 4.69) is 20.6 Å². The molecule has 1 saturated heterocycles. The van der Waals surface area contributed by atoms with Crippen molar-refractivity contribution in [1.29, 1.82) is 0 Å². The topological polar surface area (TPSA) is 96.6 Å². The molecule has 2 aromatic rings. The predicted octanol–water partition coefficient (Wildman–Crippen LogP) is 1.54. The number of hydrogen-bond donors (Lipinski definition) is 2. The van der Waals surface area contributed by atoms with Gasteiger partial charge < -0.3 is 15.1 Å². The van der Waals surface area contributed by atoms with Gasteiger partial charge in [-0.3, -0.25) is 4.99 Å². The number of aryl methyl sites for hydroxylation is 1. The van der Waals surface area contributed by atoms with Gasteiger partial charge >= 0.3 is 0 Å². The molecule has 8 heteroatoms. The molecule has 1 aliphatic heterocycles. The molecule has 1 aromatic heterocycles. The minimum absolute atomic E-state index is 0.0774. The summed E-state index contributed by atoms with van der Waals surface area (Å²) in [6.07, 6.45) is 2.96. The third-order valence-corrected chi connectivity index (χ3v) is 6.09. The maximum atomic E-state index is 11.5. The second-order valence-electron chi connectivity index (χ2n) is 6.50. The Morgan fingerprint density at radius 1 is 1.35 bits per heavy atom. The van der Waals surface area contributed by atoms with Gasteiger partial charge in [0.2, 0.25) is 5.89 Å². The summed E-state index contributed by atoms with van der Waals surface area (Å²) in [5.41, 5.74) is 3.00. The van der Waals surface area contributed by atoms with Crippen LogP contribution >= 0.6 is 0 Å². The van der Waals surface area contributed by atoms with Crippen LogP contribution in [0.4, 0.5) is 0 Å². The van der Waals surface area contributed by atoms with E-state index < -0.39 is 9.84 Å². The standard InChI is InChI=1S/C18H24N4O3S/c1-13-3-5-14(6-4-13)17-21-15(11-25-17)7-9-20-18(19-2)22-16-8-10-26(23,24)12-16/h3-6,11,16H,7-10,12H2,1-2H3,(H2,19,20,22). The van der Waals surface area contributed by atoms with Crippen LogP contribution in [0, 0.1) is 6.92 Å². The average Bonchev–Trinajstić information content (AvgIpc) is 3.21. The molecule has 0 spiro atoms. The molecule has 26 heavy (non-hydrogen) atoms. The van der Waals surface area contributed by atoms with Crippen LogP contribution in [0.2, 0.25) is 0 Å². The van der Waals surface area contributed by atoms with Crippen molar-refractivity contribution in [2.24, 2.45) is 4.99 Å². The molecule has 0 amide bonds. The Hall–Kier alpha value is -2.35. The highest BCUT2D eigenvalue weighted by Crippen LogP contribution is 2.19. The minimum atomic E-state index is -2.91. The molecule has 2 heterocycles. The Balaban J connectivity index is 1.49. The molecule has 3 rings (SSSR count). The molecule has 0 bridgehead atoms. The fourth-order valence-corrected chi connectivity index (χ4v) is 4.53.